The van der Waals surface area contributed by atoms with Crippen molar-refractivity contribution in [2.24, 2.45) is 0 Å². The van der Waals surface area contributed by atoms with Crippen LogP contribution in [0.4, 0.5) is 0 Å². The van der Waals surface area contributed by atoms with Gasteiger partial charge < -0.3 is 10.1 Å². The average Bonchev–Trinajstić information content (AvgIpc) is 3.31. The molecule has 5 nitrogen and oxygen atoms in total. The Morgan fingerprint density at radius 3 is 3.08 bits per heavy atom. The second-order valence-corrected chi connectivity index (χ2v) is 7.94. The first-order valence-electron chi connectivity index (χ1n) is 8.23. The Morgan fingerprint density at radius 1 is 1.46 bits per heavy atom. The van der Waals surface area contributed by atoms with Crippen LogP contribution in [-0.4, -0.2) is 42.1 Å². The molecule has 130 valence electrons. The zero-order chi connectivity index (χ0) is 16.8. The van der Waals surface area contributed by atoms with Crippen LogP contribution < -0.4 is 5.32 Å². The van der Waals surface area contributed by atoms with E-state index in [9.17, 15) is 4.79 Å². The van der Waals surface area contributed by atoms with Crippen LogP contribution in [0.15, 0.2) is 22.9 Å². The summed E-state index contributed by atoms with van der Waals surface area (Å²) >= 11 is 3.34. The summed E-state index contributed by atoms with van der Waals surface area (Å²) in [6.07, 6.45) is 2.98. The second-order valence-electron chi connectivity index (χ2n) is 5.97. The third kappa shape index (κ3) is 5.11. The van der Waals surface area contributed by atoms with Gasteiger partial charge in [0.2, 0.25) is 5.91 Å². The second kappa shape index (κ2) is 8.71. The fourth-order valence-electron chi connectivity index (χ4n) is 2.84. The number of nitrogens with one attached hydrogen (secondary N) is 1. The van der Waals surface area contributed by atoms with Gasteiger partial charge in [-0.05, 0) is 24.3 Å². The Morgan fingerprint density at radius 2 is 2.38 bits per heavy atom. The van der Waals surface area contributed by atoms with Crippen molar-refractivity contribution in [2.75, 3.05) is 20.2 Å². The number of rotatable bonds is 8. The number of aromatic nitrogens is 1. The van der Waals surface area contributed by atoms with Crippen molar-refractivity contribution >= 4 is 28.6 Å². The van der Waals surface area contributed by atoms with Gasteiger partial charge in [0.1, 0.15) is 5.01 Å². The molecule has 1 N–H and O–H groups in total. The molecule has 2 aromatic heterocycles. The molecular formula is C17H23N3O2S2. The number of nitrogens with zero attached hydrogens (tertiary/aromatic N) is 2. The molecule has 0 aromatic carbocycles. The predicted molar refractivity (Wildman–Crippen MR) is 97.3 cm³/mol. The SMILES string of the molecule is CNC(=O)Cc1nc(CN(Cc2cccs2)CC2CCCO2)cs1. The summed E-state index contributed by atoms with van der Waals surface area (Å²) in [4.78, 5) is 19.9. The largest absolute Gasteiger partial charge is 0.377 e. The van der Waals surface area contributed by atoms with Crippen molar-refractivity contribution < 1.29 is 9.53 Å². The van der Waals surface area contributed by atoms with E-state index in [-0.39, 0.29) is 5.91 Å². The Balaban J connectivity index is 1.62. The van der Waals surface area contributed by atoms with E-state index in [4.69, 9.17) is 4.74 Å². The lowest BCUT2D eigenvalue weighted by atomic mass is 10.2. The van der Waals surface area contributed by atoms with Crippen molar-refractivity contribution in [1.29, 1.82) is 0 Å². The van der Waals surface area contributed by atoms with Crippen LogP contribution in [0.3, 0.4) is 0 Å². The van der Waals surface area contributed by atoms with Gasteiger partial charge in [-0.15, -0.1) is 22.7 Å². The highest BCUT2D eigenvalue weighted by Crippen LogP contribution is 2.20. The van der Waals surface area contributed by atoms with Crippen LogP contribution in [0.2, 0.25) is 0 Å². The minimum atomic E-state index is 0.00528. The van der Waals surface area contributed by atoms with E-state index in [1.807, 2.05) is 0 Å². The van der Waals surface area contributed by atoms with Crippen molar-refractivity contribution in [2.45, 2.75) is 38.5 Å². The Hall–Kier alpha value is -1.28. The summed E-state index contributed by atoms with van der Waals surface area (Å²) in [6.45, 7) is 3.52. The fraction of sp³-hybridized carbons (Fsp3) is 0.529. The summed E-state index contributed by atoms with van der Waals surface area (Å²) in [5.74, 6) is 0.00528. The molecule has 1 saturated heterocycles. The molecule has 7 heteroatoms. The maximum Gasteiger partial charge on any atom is 0.226 e. The first kappa shape index (κ1) is 17.5. The first-order valence-corrected chi connectivity index (χ1v) is 9.99. The topological polar surface area (TPSA) is 54.5 Å². The van der Waals surface area contributed by atoms with Gasteiger partial charge in [0.05, 0.1) is 18.2 Å². The van der Waals surface area contributed by atoms with Crippen LogP contribution in [0.25, 0.3) is 0 Å². The van der Waals surface area contributed by atoms with E-state index in [0.717, 1.165) is 49.8 Å². The lowest BCUT2D eigenvalue weighted by Gasteiger charge is -2.23. The van der Waals surface area contributed by atoms with E-state index in [2.05, 4.69) is 38.1 Å². The molecule has 1 atom stereocenters. The third-order valence-electron chi connectivity index (χ3n) is 4.02. The molecule has 1 fully saturated rings. The number of thiazole rings is 1. The van der Waals surface area contributed by atoms with Crippen LogP contribution >= 0.6 is 22.7 Å². The molecule has 0 spiro atoms. The number of likely N-dealkylation sites (N-methyl/N-ethyl adjacent to an activating group) is 1. The van der Waals surface area contributed by atoms with Gasteiger partial charge in [-0.2, -0.15) is 0 Å². The van der Waals surface area contributed by atoms with Gasteiger partial charge in [-0.3, -0.25) is 9.69 Å². The Kier molecular flexibility index (Phi) is 6.37. The minimum absolute atomic E-state index is 0.00528. The predicted octanol–water partition coefficient (Wildman–Crippen LogP) is 2.67. The van der Waals surface area contributed by atoms with Crippen molar-refractivity contribution in [3.05, 3.63) is 38.5 Å². The molecule has 0 aliphatic carbocycles. The van der Waals surface area contributed by atoms with E-state index in [1.54, 1.807) is 29.7 Å². The zero-order valence-electron chi connectivity index (χ0n) is 13.9. The monoisotopic (exact) mass is 365 g/mol. The maximum atomic E-state index is 11.5. The van der Waals surface area contributed by atoms with Gasteiger partial charge in [-0.1, -0.05) is 6.07 Å². The lowest BCUT2D eigenvalue weighted by molar-refractivity contribution is -0.119. The summed E-state index contributed by atoms with van der Waals surface area (Å²) in [5.41, 5.74) is 1.04. The summed E-state index contributed by atoms with van der Waals surface area (Å²) < 4.78 is 5.80. The summed E-state index contributed by atoms with van der Waals surface area (Å²) in [7, 11) is 1.65. The van der Waals surface area contributed by atoms with E-state index in [0.29, 0.717) is 12.5 Å². The summed E-state index contributed by atoms with van der Waals surface area (Å²) in [5, 5.41) is 7.70. The molecule has 0 bridgehead atoms. The number of carbonyl (C=O) groups is 1. The number of carbonyl (C=O) groups excluding carboxylic acids is 1. The van der Waals surface area contributed by atoms with E-state index in [1.165, 1.54) is 4.88 Å². The molecule has 1 aliphatic heterocycles. The number of amides is 1. The Labute approximate surface area is 150 Å². The van der Waals surface area contributed by atoms with Gasteiger partial charge >= 0.3 is 0 Å². The molecule has 24 heavy (non-hydrogen) atoms. The van der Waals surface area contributed by atoms with E-state index >= 15 is 0 Å². The standard InChI is InChI=1S/C17H23N3O2S2/c1-18-16(21)8-17-19-13(12-24-17)9-20(10-14-4-2-6-22-14)11-15-5-3-7-23-15/h3,5,7,12,14H,2,4,6,8-11H2,1H3,(H,18,21). The fourth-order valence-corrected chi connectivity index (χ4v) is 4.37. The molecule has 2 aromatic rings. The molecular weight excluding hydrogens is 342 g/mol. The van der Waals surface area contributed by atoms with Crippen LogP contribution in [0.1, 0.15) is 28.4 Å². The number of ether oxygens (including phenoxy) is 1. The van der Waals surface area contributed by atoms with Crippen LogP contribution in [-0.2, 0) is 29.0 Å². The molecule has 1 aliphatic rings. The highest BCUT2D eigenvalue weighted by atomic mass is 32.1. The smallest absolute Gasteiger partial charge is 0.226 e. The number of hydrogen-bond donors (Lipinski definition) is 1. The van der Waals surface area contributed by atoms with Gasteiger partial charge in [0.15, 0.2) is 0 Å². The molecule has 0 radical (unpaired) electrons. The molecule has 1 unspecified atom stereocenters. The average molecular weight is 366 g/mol. The zero-order valence-corrected chi connectivity index (χ0v) is 15.5. The molecule has 3 rings (SSSR count). The molecule has 0 saturated carbocycles. The quantitative estimate of drug-likeness (QED) is 0.781. The van der Waals surface area contributed by atoms with Crippen molar-refractivity contribution in [3.63, 3.8) is 0 Å². The van der Waals surface area contributed by atoms with E-state index < -0.39 is 0 Å². The van der Waals surface area contributed by atoms with Crippen molar-refractivity contribution in [3.8, 4) is 0 Å². The van der Waals surface area contributed by atoms with Crippen molar-refractivity contribution in [1.82, 2.24) is 15.2 Å². The Bertz CT molecular complexity index is 636. The normalized spacial score (nSPS) is 17.5. The number of thiophene rings is 1. The maximum absolute atomic E-state index is 11.5. The van der Waals surface area contributed by atoms with Gasteiger partial charge in [0, 0.05) is 43.5 Å². The molecule has 1 amide bonds. The summed E-state index contributed by atoms with van der Waals surface area (Å²) in [6, 6.07) is 4.26. The third-order valence-corrected chi connectivity index (χ3v) is 5.78. The highest BCUT2D eigenvalue weighted by molar-refractivity contribution is 7.10. The highest BCUT2D eigenvalue weighted by Gasteiger charge is 2.20. The van der Waals surface area contributed by atoms with Gasteiger partial charge in [-0.25, -0.2) is 4.98 Å². The minimum Gasteiger partial charge on any atom is -0.377 e. The van der Waals surface area contributed by atoms with Crippen LogP contribution in [0.5, 0.6) is 0 Å². The van der Waals surface area contributed by atoms with Gasteiger partial charge in [0.25, 0.3) is 0 Å². The first-order chi connectivity index (χ1) is 11.7. The van der Waals surface area contributed by atoms with Crippen LogP contribution in [0, 0.1) is 0 Å². The molecule has 3 heterocycles. The lowest BCUT2D eigenvalue weighted by Crippen LogP contribution is -2.31. The number of hydrogen-bond acceptors (Lipinski definition) is 6.